The largest absolute Gasteiger partial charge is 0.481 e. The third kappa shape index (κ3) is 3.23. The first-order valence-corrected chi connectivity index (χ1v) is 7.10. The zero-order valence-corrected chi connectivity index (χ0v) is 13.2. The molecule has 0 fully saturated rings. The van der Waals surface area contributed by atoms with Gasteiger partial charge in [-0.1, -0.05) is 11.6 Å². The second-order valence-electron chi connectivity index (χ2n) is 6.21. The topological polar surface area (TPSA) is 104 Å². The van der Waals surface area contributed by atoms with E-state index in [2.05, 4.69) is 5.32 Å². The van der Waals surface area contributed by atoms with Gasteiger partial charge in [0.05, 0.1) is 16.5 Å². The van der Waals surface area contributed by atoms with Gasteiger partial charge < -0.3 is 10.4 Å². The fraction of sp³-hybridized carbons (Fsp3) is 0.375. The lowest BCUT2D eigenvalue weighted by atomic mass is 9.94. The lowest BCUT2D eigenvalue weighted by Gasteiger charge is -2.20. The first-order chi connectivity index (χ1) is 10.6. The van der Waals surface area contributed by atoms with E-state index in [-0.39, 0.29) is 17.7 Å². The SMILES string of the molecule is Cc1ccc2c(c1)C(=O)N(CC(=O)NCC(C)(C)C(=O)O)C2=O. The minimum Gasteiger partial charge on any atom is -0.481 e. The lowest BCUT2D eigenvalue weighted by molar-refractivity contribution is -0.146. The molecular formula is C16H18N2O5. The highest BCUT2D eigenvalue weighted by Gasteiger charge is 2.37. The number of carbonyl (C=O) groups is 4. The first-order valence-electron chi connectivity index (χ1n) is 7.10. The Morgan fingerprint density at radius 3 is 2.39 bits per heavy atom. The Balaban J connectivity index is 2.05. The normalized spacial score (nSPS) is 14.0. The van der Waals surface area contributed by atoms with Gasteiger partial charge in [-0.3, -0.25) is 24.1 Å². The van der Waals surface area contributed by atoms with Crippen molar-refractivity contribution in [3.63, 3.8) is 0 Å². The third-order valence-electron chi connectivity index (χ3n) is 3.73. The van der Waals surface area contributed by atoms with Gasteiger partial charge in [0, 0.05) is 6.54 Å². The molecule has 2 rings (SSSR count). The van der Waals surface area contributed by atoms with Gasteiger partial charge in [0.15, 0.2) is 0 Å². The van der Waals surface area contributed by atoms with E-state index in [1.54, 1.807) is 25.1 Å². The zero-order chi connectivity index (χ0) is 17.4. The highest BCUT2D eigenvalue weighted by molar-refractivity contribution is 6.22. The molecule has 1 aliphatic rings. The summed E-state index contributed by atoms with van der Waals surface area (Å²) >= 11 is 0. The lowest BCUT2D eigenvalue weighted by Crippen LogP contribution is -2.44. The highest BCUT2D eigenvalue weighted by atomic mass is 16.4. The molecule has 0 aliphatic carbocycles. The number of rotatable bonds is 5. The Kier molecular flexibility index (Phi) is 4.22. The molecule has 7 nitrogen and oxygen atoms in total. The van der Waals surface area contributed by atoms with E-state index >= 15 is 0 Å². The van der Waals surface area contributed by atoms with E-state index in [9.17, 15) is 19.2 Å². The molecule has 1 aromatic rings. The van der Waals surface area contributed by atoms with Crippen molar-refractivity contribution in [1.29, 1.82) is 0 Å². The number of amides is 3. The van der Waals surface area contributed by atoms with Gasteiger partial charge in [-0.25, -0.2) is 0 Å². The van der Waals surface area contributed by atoms with Crippen LogP contribution >= 0.6 is 0 Å². The van der Waals surface area contributed by atoms with Gasteiger partial charge in [0.25, 0.3) is 11.8 Å². The Bertz CT molecular complexity index is 708. The number of hydrogen-bond acceptors (Lipinski definition) is 4. The van der Waals surface area contributed by atoms with Crippen molar-refractivity contribution in [2.24, 2.45) is 5.41 Å². The molecule has 0 spiro atoms. The quantitative estimate of drug-likeness (QED) is 0.782. The summed E-state index contributed by atoms with van der Waals surface area (Å²) in [5.41, 5.74) is 0.279. The van der Waals surface area contributed by atoms with Crippen LogP contribution in [0.25, 0.3) is 0 Å². The van der Waals surface area contributed by atoms with Gasteiger partial charge in [-0.2, -0.15) is 0 Å². The highest BCUT2D eigenvalue weighted by Crippen LogP contribution is 2.23. The van der Waals surface area contributed by atoms with Crippen LogP contribution in [0.4, 0.5) is 0 Å². The number of nitrogens with one attached hydrogen (secondary N) is 1. The van der Waals surface area contributed by atoms with E-state index in [0.29, 0.717) is 0 Å². The summed E-state index contributed by atoms with van der Waals surface area (Å²) in [6, 6.07) is 4.90. The van der Waals surface area contributed by atoms with E-state index < -0.39 is 35.7 Å². The Morgan fingerprint density at radius 1 is 1.17 bits per heavy atom. The van der Waals surface area contributed by atoms with Gasteiger partial charge in [0.1, 0.15) is 6.54 Å². The molecule has 0 saturated carbocycles. The second kappa shape index (κ2) is 5.83. The number of nitrogens with zero attached hydrogens (tertiary/aromatic N) is 1. The van der Waals surface area contributed by atoms with Crippen LogP contribution in [0.5, 0.6) is 0 Å². The summed E-state index contributed by atoms with van der Waals surface area (Å²) in [6.07, 6.45) is 0. The summed E-state index contributed by atoms with van der Waals surface area (Å²) in [4.78, 5) is 48.2. The average Bonchev–Trinajstić information content (AvgIpc) is 2.70. The van der Waals surface area contributed by atoms with Gasteiger partial charge >= 0.3 is 5.97 Å². The maximum atomic E-state index is 12.2. The molecule has 0 unspecified atom stereocenters. The molecule has 0 atom stereocenters. The summed E-state index contributed by atoms with van der Waals surface area (Å²) in [5, 5.41) is 11.4. The smallest absolute Gasteiger partial charge is 0.310 e. The van der Waals surface area contributed by atoms with Crippen molar-refractivity contribution >= 4 is 23.7 Å². The van der Waals surface area contributed by atoms with Gasteiger partial charge in [0.2, 0.25) is 5.91 Å². The standard InChI is InChI=1S/C16H18N2O5/c1-9-4-5-10-11(6-9)14(21)18(13(10)20)7-12(19)17-8-16(2,3)15(22)23/h4-6H,7-8H2,1-3H3,(H,17,19)(H,22,23). The van der Waals surface area contributed by atoms with Crippen LogP contribution in [0.2, 0.25) is 0 Å². The number of carbonyl (C=O) groups excluding carboxylic acids is 3. The predicted octanol–water partition coefficient (Wildman–Crippen LogP) is 0.818. The molecule has 2 N–H and O–H groups in total. The average molecular weight is 318 g/mol. The molecule has 0 saturated heterocycles. The van der Waals surface area contributed by atoms with Crippen LogP contribution in [0.15, 0.2) is 18.2 Å². The summed E-state index contributed by atoms with van der Waals surface area (Å²) in [6.45, 7) is 4.23. The maximum Gasteiger partial charge on any atom is 0.310 e. The molecule has 0 radical (unpaired) electrons. The molecular weight excluding hydrogens is 300 g/mol. The molecule has 122 valence electrons. The number of carboxylic acids is 1. The van der Waals surface area contributed by atoms with Crippen molar-refractivity contribution in [3.05, 3.63) is 34.9 Å². The predicted molar refractivity (Wildman–Crippen MR) is 81.0 cm³/mol. The number of hydrogen-bond donors (Lipinski definition) is 2. The summed E-state index contributed by atoms with van der Waals surface area (Å²) in [7, 11) is 0. The first kappa shape index (κ1) is 16.7. The molecule has 0 aromatic heterocycles. The van der Waals surface area contributed by atoms with Gasteiger partial charge in [-0.15, -0.1) is 0 Å². The number of imide groups is 1. The molecule has 7 heteroatoms. The monoisotopic (exact) mass is 318 g/mol. The number of fused-ring (bicyclic) bond motifs is 1. The fourth-order valence-corrected chi connectivity index (χ4v) is 2.14. The van der Waals surface area contributed by atoms with Crippen LogP contribution in [0, 0.1) is 12.3 Å². The van der Waals surface area contributed by atoms with Crippen molar-refractivity contribution in [2.45, 2.75) is 20.8 Å². The minimum atomic E-state index is -1.13. The van der Waals surface area contributed by atoms with Crippen molar-refractivity contribution < 1.29 is 24.3 Å². The van der Waals surface area contributed by atoms with Crippen LogP contribution in [0.1, 0.15) is 40.1 Å². The molecule has 23 heavy (non-hydrogen) atoms. The molecule has 1 aliphatic heterocycles. The molecule has 1 aromatic carbocycles. The van der Waals surface area contributed by atoms with E-state index in [0.717, 1.165) is 10.5 Å². The Morgan fingerprint density at radius 2 is 1.78 bits per heavy atom. The Hall–Kier alpha value is -2.70. The molecule has 1 heterocycles. The number of carboxylic acid groups (broad SMARTS) is 1. The minimum absolute atomic E-state index is 0.0938. The van der Waals surface area contributed by atoms with E-state index in [1.165, 1.54) is 13.8 Å². The zero-order valence-electron chi connectivity index (χ0n) is 13.2. The number of benzene rings is 1. The van der Waals surface area contributed by atoms with Gasteiger partial charge in [-0.05, 0) is 32.9 Å². The number of aryl methyl sites for hydroxylation is 1. The van der Waals surface area contributed by atoms with Crippen LogP contribution in [0.3, 0.4) is 0 Å². The fourth-order valence-electron chi connectivity index (χ4n) is 2.14. The maximum absolute atomic E-state index is 12.2. The van der Waals surface area contributed by atoms with Crippen molar-refractivity contribution in [3.8, 4) is 0 Å². The second-order valence-corrected chi connectivity index (χ2v) is 6.21. The van der Waals surface area contributed by atoms with Crippen LogP contribution < -0.4 is 5.32 Å². The van der Waals surface area contributed by atoms with E-state index in [4.69, 9.17) is 5.11 Å². The summed E-state index contributed by atoms with van der Waals surface area (Å²) < 4.78 is 0. The van der Waals surface area contributed by atoms with Crippen molar-refractivity contribution in [1.82, 2.24) is 10.2 Å². The van der Waals surface area contributed by atoms with E-state index in [1.807, 2.05) is 0 Å². The number of aliphatic carboxylic acids is 1. The van der Waals surface area contributed by atoms with Crippen LogP contribution in [-0.4, -0.2) is 46.8 Å². The molecule has 0 bridgehead atoms. The third-order valence-corrected chi connectivity index (χ3v) is 3.73. The van der Waals surface area contributed by atoms with Crippen LogP contribution in [-0.2, 0) is 9.59 Å². The molecule has 3 amide bonds. The Labute approximate surface area is 133 Å². The van der Waals surface area contributed by atoms with Crippen molar-refractivity contribution in [2.75, 3.05) is 13.1 Å². The summed E-state index contributed by atoms with van der Waals surface area (Å²) in [5.74, 6) is -2.65.